The van der Waals surface area contributed by atoms with Gasteiger partial charge in [-0.05, 0) is 34.4 Å². The van der Waals surface area contributed by atoms with Crippen LogP contribution in [0.2, 0.25) is 0 Å². The summed E-state index contributed by atoms with van der Waals surface area (Å²) in [6, 6.07) is 4.06. The van der Waals surface area contributed by atoms with E-state index in [0.29, 0.717) is 10.8 Å². The zero-order valence-corrected chi connectivity index (χ0v) is 18.0. The maximum absolute atomic E-state index is 13.6. The monoisotopic (exact) mass is 396 g/mol. The highest BCUT2D eigenvalue weighted by molar-refractivity contribution is 7.89. The molecule has 0 spiro atoms. The summed E-state index contributed by atoms with van der Waals surface area (Å²) in [7, 11) is -3.69. The molecule has 6 nitrogen and oxygen atoms in total. The number of piperazine rings is 1. The van der Waals surface area contributed by atoms with Crippen LogP contribution < -0.4 is 0 Å². The molecule has 1 aliphatic rings. The first kappa shape index (κ1) is 21.7. The fourth-order valence-corrected chi connectivity index (χ4v) is 5.52. The minimum atomic E-state index is -3.69. The van der Waals surface area contributed by atoms with Crippen LogP contribution in [0.4, 0.5) is 4.79 Å². The molecule has 1 aliphatic heterocycles. The van der Waals surface area contributed by atoms with Crippen molar-refractivity contribution >= 4 is 16.1 Å². The fraction of sp³-hybridized carbons (Fsp3) is 0.650. The van der Waals surface area contributed by atoms with Gasteiger partial charge in [-0.1, -0.05) is 53.7 Å². The minimum absolute atomic E-state index is 0.0753. The van der Waals surface area contributed by atoms with Gasteiger partial charge in [-0.2, -0.15) is 4.31 Å². The largest absolute Gasteiger partial charge is 0.465 e. The molecule has 0 atom stereocenters. The molecular weight excluding hydrogens is 364 g/mol. The van der Waals surface area contributed by atoms with Gasteiger partial charge in [0.2, 0.25) is 10.0 Å². The minimum Gasteiger partial charge on any atom is -0.465 e. The van der Waals surface area contributed by atoms with E-state index in [9.17, 15) is 13.2 Å². The molecule has 27 heavy (non-hydrogen) atoms. The van der Waals surface area contributed by atoms with Crippen LogP contribution in [-0.4, -0.2) is 55.0 Å². The van der Waals surface area contributed by atoms with Gasteiger partial charge in [0, 0.05) is 26.2 Å². The van der Waals surface area contributed by atoms with Crippen LogP contribution in [0.5, 0.6) is 0 Å². The van der Waals surface area contributed by atoms with Crippen LogP contribution in [-0.2, 0) is 10.0 Å². The van der Waals surface area contributed by atoms with E-state index in [0.717, 1.165) is 16.7 Å². The molecule has 1 saturated heterocycles. The summed E-state index contributed by atoms with van der Waals surface area (Å²) < 4.78 is 28.5. The van der Waals surface area contributed by atoms with Crippen LogP contribution >= 0.6 is 0 Å². The quantitative estimate of drug-likeness (QED) is 0.815. The molecule has 0 radical (unpaired) electrons. The smallest absolute Gasteiger partial charge is 0.407 e. The number of hydrogen-bond donors (Lipinski definition) is 1. The number of sulfonamides is 1. The van der Waals surface area contributed by atoms with E-state index < -0.39 is 16.1 Å². The van der Waals surface area contributed by atoms with Crippen LogP contribution in [0, 0.1) is 0 Å². The summed E-state index contributed by atoms with van der Waals surface area (Å²) in [5.74, 6) is 0.466. The zero-order valence-electron chi connectivity index (χ0n) is 17.2. The number of benzene rings is 1. The Bertz CT molecular complexity index is 763. The predicted octanol–water partition coefficient (Wildman–Crippen LogP) is 4.04. The van der Waals surface area contributed by atoms with Crippen molar-refractivity contribution in [2.45, 2.75) is 64.2 Å². The SMILES string of the molecule is CC(C)c1cc(C(C)C)c(S(=O)(=O)N2CCN(C(=O)O)CC2)c(C(C)C)c1. The van der Waals surface area contributed by atoms with E-state index >= 15 is 0 Å². The van der Waals surface area contributed by atoms with Gasteiger partial charge in [0.05, 0.1) is 4.90 Å². The van der Waals surface area contributed by atoms with Crippen molar-refractivity contribution in [1.29, 1.82) is 0 Å². The molecule has 0 saturated carbocycles. The standard InChI is InChI=1S/C20H32N2O4S/c1-13(2)16-11-17(14(3)4)19(18(12-16)15(5)6)27(25,26)22-9-7-21(8-10-22)20(23)24/h11-15H,7-10H2,1-6H3,(H,23,24). The van der Waals surface area contributed by atoms with Gasteiger partial charge in [0.25, 0.3) is 0 Å². The Kier molecular flexibility index (Phi) is 6.58. The van der Waals surface area contributed by atoms with Crippen molar-refractivity contribution in [2.24, 2.45) is 0 Å². The summed E-state index contributed by atoms with van der Waals surface area (Å²) in [5.41, 5.74) is 2.85. The first-order chi connectivity index (χ1) is 12.5. The molecule has 1 aromatic rings. The van der Waals surface area contributed by atoms with Gasteiger partial charge in [-0.3, -0.25) is 0 Å². The zero-order chi connectivity index (χ0) is 20.5. The molecule has 1 amide bonds. The normalized spacial score (nSPS) is 16.6. The van der Waals surface area contributed by atoms with Crippen LogP contribution in [0.25, 0.3) is 0 Å². The summed E-state index contributed by atoms with van der Waals surface area (Å²) in [5, 5.41) is 9.12. The van der Waals surface area contributed by atoms with Crippen molar-refractivity contribution in [2.75, 3.05) is 26.2 Å². The summed E-state index contributed by atoms with van der Waals surface area (Å²) in [6.45, 7) is 13.1. The van der Waals surface area contributed by atoms with Crippen molar-refractivity contribution in [3.8, 4) is 0 Å². The molecule has 152 valence electrons. The molecule has 7 heteroatoms. The summed E-state index contributed by atoms with van der Waals surface area (Å²) >= 11 is 0. The molecule has 1 aromatic carbocycles. The first-order valence-corrected chi connectivity index (χ1v) is 11.1. The van der Waals surface area contributed by atoms with Crippen molar-refractivity contribution in [3.05, 3.63) is 28.8 Å². The van der Waals surface area contributed by atoms with Crippen LogP contribution in [0.3, 0.4) is 0 Å². The number of rotatable bonds is 5. The van der Waals surface area contributed by atoms with Gasteiger partial charge in [-0.15, -0.1) is 0 Å². The Morgan fingerprint density at radius 1 is 0.889 bits per heavy atom. The Morgan fingerprint density at radius 3 is 1.67 bits per heavy atom. The highest BCUT2D eigenvalue weighted by atomic mass is 32.2. The van der Waals surface area contributed by atoms with Gasteiger partial charge in [-0.25, -0.2) is 13.2 Å². The third kappa shape index (κ3) is 4.46. The Morgan fingerprint density at radius 2 is 1.33 bits per heavy atom. The number of carbonyl (C=O) groups is 1. The van der Waals surface area contributed by atoms with E-state index in [-0.39, 0.29) is 38.0 Å². The Labute approximate surface area is 163 Å². The number of nitrogens with zero attached hydrogens (tertiary/aromatic N) is 2. The Balaban J connectivity index is 2.56. The molecule has 1 heterocycles. The summed E-state index contributed by atoms with van der Waals surface area (Å²) in [6.07, 6.45) is -1.00. The highest BCUT2D eigenvalue weighted by Gasteiger charge is 2.34. The lowest BCUT2D eigenvalue weighted by atomic mass is 9.89. The lowest BCUT2D eigenvalue weighted by Gasteiger charge is -2.34. The average Bonchev–Trinajstić information content (AvgIpc) is 2.60. The Hall–Kier alpha value is -1.60. The molecule has 1 N–H and O–H groups in total. The molecule has 0 aliphatic carbocycles. The lowest BCUT2D eigenvalue weighted by molar-refractivity contribution is 0.126. The molecule has 0 unspecified atom stereocenters. The van der Waals surface area contributed by atoms with Crippen molar-refractivity contribution in [3.63, 3.8) is 0 Å². The van der Waals surface area contributed by atoms with E-state index in [1.54, 1.807) is 0 Å². The average molecular weight is 397 g/mol. The van der Waals surface area contributed by atoms with Gasteiger partial charge >= 0.3 is 6.09 Å². The maximum Gasteiger partial charge on any atom is 0.407 e. The number of amides is 1. The first-order valence-electron chi connectivity index (χ1n) is 9.62. The van der Waals surface area contributed by atoms with Crippen molar-refractivity contribution < 1.29 is 18.3 Å². The third-order valence-corrected chi connectivity index (χ3v) is 7.22. The van der Waals surface area contributed by atoms with Crippen LogP contribution in [0.1, 0.15) is 76.0 Å². The summed E-state index contributed by atoms with van der Waals surface area (Å²) in [4.78, 5) is 12.8. The van der Waals surface area contributed by atoms with E-state index in [2.05, 4.69) is 13.8 Å². The van der Waals surface area contributed by atoms with Crippen molar-refractivity contribution in [1.82, 2.24) is 9.21 Å². The van der Waals surface area contributed by atoms with Gasteiger partial charge in [0.1, 0.15) is 0 Å². The number of carboxylic acid groups (broad SMARTS) is 1. The number of hydrogen-bond acceptors (Lipinski definition) is 3. The lowest BCUT2D eigenvalue weighted by Crippen LogP contribution is -2.50. The highest BCUT2D eigenvalue weighted by Crippen LogP contribution is 2.36. The van der Waals surface area contributed by atoms with E-state index in [1.165, 1.54) is 9.21 Å². The fourth-order valence-electron chi connectivity index (χ4n) is 3.44. The molecule has 0 bridgehead atoms. The third-order valence-electron chi connectivity index (χ3n) is 5.19. The predicted molar refractivity (Wildman–Crippen MR) is 107 cm³/mol. The van der Waals surface area contributed by atoms with E-state index in [4.69, 9.17) is 5.11 Å². The second-order valence-electron chi connectivity index (χ2n) is 8.17. The van der Waals surface area contributed by atoms with E-state index in [1.807, 2.05) is 39.8 Å². The molecule has 0 aromatic heterocycles. The van der Waals surface area contributed by atoms with Crippen LogP contribution in [0.15, 0.2) is 17.0 Å². The second kappa shape index (κ2) is 8.19. The van der Waals surface area contributed by atoms with Gasteiger partial charge < -0.3 is 10.0 Å². The molecule has 2 rings (SSSR count). The maximum atomic E-state index is 13.6. The molecule has 1 fully saturated rings. The topological polar surface area (TPSA) is 77.9 Å². The van der Waals surface area contributed by atoms with Gasteiger partial charge in [0.15, 0.2) is 0 Å². The second-order valence-corrected chi connectivity index (χ2v) is 10.0. The molecular formula is C20H32N2O4S.